The maximum absolute atomic E-state index is 12.5. The molecule has 0 aliphatic carbocycles. The molecule has 3 aromatic rings. The lowest BCUT2D eigenvalue weighted by Gasteiger charge is -2.07. The SMILES string of the molecule is Cc1ccccc1C(=O)OCC(=O)c1cc(C)n(-c2nccs2)c1C. The van der Waals surface area contributed by atoms with Crippen LogP contribution in [-0.4, -0.2) is 27.9 Å². The van der Waals surface area contributed by atoms with Crippen molar-refractivity contribution in [2.24, 2.45) is 0 Å². The predicted octanol–water partition coefficient (Wildman–Crippen LogP) is 3.90. The second kappa shape index (κ2) is 7.03. The molecule has 0 atom stereocenters. The summed E-state index contributed by atoms with van der Waals surface area (Å²) in [6.45, 7) is 5.34. The van der Waals surface area contributed by atoms with Crippen molar-refractivity contribution in [3.63, 3.8) is 0 Å². The topological polar surface area (TPSA) is 61.2 Å². The van der Waals surface area contributed by atoms with Gasteiger partial charge in [-0.05, 0) is 38.5 Å². The van der Waals surface area contributed by atoms with Crippen LogP contribution in [0.5, 0.6) is 0 Å². The van der Waals surface area contributed by atoms with E-state index in [-0.39, 0.29) is 12.4 Å². The standard InChI is InChI=1S/C19H18N2O3S/c1-12-6-4-5-7-15(12)18(23)24-11-17(22)16-10-13(2)21(14(16)3)19-20-8-9-25-19/h4-10H,11H2,1-3H3. The van der Waals surface area contributed by atoms with E-state index in [1.54, 1.807) is 24.4 Å². The Morgan fingerprint density at radius 2 is 1.92 bits per heavy atom. The number of hydrogen-bond acceptors (Lipinski definition) is 5. The van der Waals surface area contributed by atoms with Crippen molar-refractivity contribution in [3.8, 4) is 5.13 Å². The summed E-state index contributed by atoms with van der Waals surface area (Å²) in [4.78, 5) is 29.0. The minimum absolute atomic E-state index is 0.224. The minimum Gasteiger partial charge on any atom is -0.454 e. The molecular weight excluding hydrogens is 336 g/mol. The van der Waals surface area contributed by atoms with E-state index >= 15 is 0 Å². The highest BCUT2D eigenvalue weighted by atomic mass is 32.1. The van der Waals surface area contributed by atoms with Gasteiger partial charge in [0.1, 0.15) is 0 Å². The third kappa shape index (κ3) is 3.39. The fourth-order valence-electron chi connectivity index (χ4n) is 2.75. The zero-order valence-electron chi connectivity index (χ0n) is 14.3. The Kier molecular flexibility index (Phi) is 4.81. The van der Waals surface area contributed by atoms with Crippen LogP contribution in [0, 0.1) is 20.8 Å². The molecule has 0 fully saturated rings. The fourth-order valence-corrected chi connectivity index (χ4v) is 3.51. The lowest BCUT2D eigenvalue weighted by atomic mass is 10.1. The van der Waals surface area contributed by atoms with Crippen molar-refractivity contribution in [2.45, 2.75) is 20.8 Å². The number of Topliss-reactive ketones (excluding diaryl/α,β-unsaturated/α-hetero) is 1. The molecule has 6 heteroatoms. The largest absolute Gasteiger partial charge is 0.454 e. The van der Waals surface area contributed by atoms with E-state index in [0.717, 1.165) is 22.1 Å². The maximum atomic E-state index is 12.5. The molecule has 0 bridgehead atoms. The quantitative estimate of drug-likeness (QED) is 0.515. The van der Waals surface area contributed by atoms with Gasteiger partial charge < -0.3 is 4.74 Å². The number of carbonyl (C=O) groups is 2. The van der Waals surface area contributed by atoms with Crippen LogP contribution < -0.4 is 0 Å². The first-order valence-electron chi connectivity index (χ1n) is 7.84. The van der Waals surface area contributed by atoms with Crippen molar-refractivity contribution >= 4 is 23.1 Å². The molecule has 0 N–H and O–H groups in total. The lowest BCUT2D eigenvalue weighted by Crippen LogP contribution is -2.15. The number of aromatic nitrogens is 2. The van der Waals surface area contributed by atoms with Gasteiger partial charge in [0.15, 0.2) is 11.7 Å². The molecule has 5 nitrogen and oxygen atoms in total. The Labute approximate surface area is 149 Å². The molecule has 0 aliphatic rings. The van der Waals surface area contributed by atoms with Crippen molar-refractivity contribution in [1.82, 2.24) is 9.55 Å². The third-order valence-corrected chi connectivity index (χ3v) is 4.80. The number of nitrogens with zero attached hydrogens (tertiary/aromatic N) is 2. The van der Waals surface area contributed by atoms with E-state index in [1.807, 2.05) is 42.9 Å². The van der Waals surface area contributed by atoms with Crippen molar-refractivity contribution in [1.29, 1.82) is 0 Å². The zero-order valence-corrected chi connectivity index (χ0v) is 15.1. The van der Waals surface area contributed by atoms with Gasteiger partial charge in [-0.2, -0.15) is 0 Å². The molecule has 2 heterocycles. The van der Waals surface area contributed by atoms with Gasteiger partial charge >= 0.3 is 5.97 Å². The molecule has 128 valence electrons. The summed E-state index contributed by atoms with van der Waals surface area (Å²) in [7, 11) is 0. The van der Waals surface area contributed by atoms with Crippen molar-refractivity contribution < 1.29 is 14.3 Å². The summed E-state index contributed by atoms with van der Waals surface area (Å²) < 4.78 is 7.14. The second-order valence-corrected chi connectivity index (χ2v) is 6.62. The average molecular weight is 354 g/mol. The van der Waals surface area contributed by atoms with Crippen LogP contribution in [0.1, 0.15) is 37.7 Å². The van der Waals surface area contributed by atoms with Crippen LogP contribution in [0.4, 0.5) is 0 Å². The van der Waals surface area contributed by atoms with Gasteiger partial charge in [-0.3, -0.25) is 9.36 Å². The highest BCUT2D eigenvalue weighted by Gasteiger charge is 2.19. The summed E-state index contributed by atoms with van der Waals surface area (Å²) >= 11 is 1.50. The fraction of sp³-hybridized carbons (Fsp3) is 0.211. The molecule has 1 aromatic carbocycles. The van der Waals surface area contributed by atoms with Crippen LogP contribution in [0.25, 0.3) is 5.13 Å². The second-order valence-electron chi connectivity index (χ2n) is 5.75. The normalized spacial score (nSPS) is 10.7. The molecule has 0 saturated carbocycles. The van der Waals surface area contributed by atoms with Crippen LogP contribution in [0.15, 0.2) is 41.9 Å². The number of benzene rings is 1. The van der Waals surface area contributed by atoms with Crippen LogP contribution >= 0.6 is 11.3 Å². The highest BCUT2D eigenvalue weighted by molar-refractivity contribution is 7.12. The molecule has 25 heavy (non-hydrogen) atoms. The van der Waals surface area contributed by atoms with E-state index in [1.165, 1.54) is 11.3 Å². The molecular formula is C19H18N2O3S. The molecule has 3 rings (SSSR count). The van der Waals surface area contributed by atoms with E-state index in [2.05, 4.69) is 4.98 Å². The third-order valence-electron chi connectivity index (χ3n) is 4.04. The number of rotatable bonds is 5. The van der Waals surface area contributed by atoms with E-state index in [9.17, 15) is 9.59 Å². The number of esters is 1. The van der Waals surface area contributed by atoms with Crippen LogP contribution in [0.2, 0.25) is 0 Å². The van der Waals surface area contributed by atoms with Gasteiger partial charge in [0.2, 0.25) is 5.78 Å². The van der Waals surface area contributed by atoms with Gasteiger partial charge in [0.25, 0.3) is 0 Å². The van der Waals surface area contributed by atoms with Gasteiger partial charge in [-0.15, -0.1) is 11.3 Å². The number of ether oxygens (including phenoxy) is 1. The summed E-state index contributed by atoms with van der Waals surface area (Å²) in [6, 6.07) is 8.95. The first-order valence-corrected chi connectivity index (χ1v) is 8.71. The molecule has 2 aromatic heterocycles. The number of aryl methyl sites for hydroxylation is 2. The van der Waals surface area contributed by atoms with E-state index in [0.29, 0.717) is 11.1 Å². The summed E-state index contributed by atoms with van der Waals surface area (Å²) in [6.07, 6.45) is 1.73. The Hall–Kier alpha value is -2.73. The molecule has 0 spiro atoms. The Bertz CT molecular complexity index is 926. The Balaban J connectivity index is 1.75. The predicted molar refractivity (Wildman–Crippen MR) is 96.7 cm³/mol. The number of thiazole rings is 1. The minimum atomic E-state index is -0.486. The van der Waals surface area contributed by atoms with Crippen LogP contribution in [0.3, 0.4) is 0 Å². The molecule has 0 radical (unpaired) electrons. The Morgan fingerprint density at radius 3 is 2.60 bits per heavy atom. The van der Waals surface area contributed by atoms with Gasteiger partial charge in [0.05, 0.1) is 5.56 Å². The first kappa shape index (κ1) is 17.1. The summed E-state index contributed by atoms with van der Waals surface area (Å²) in [5, 5.41) is 2.70. The van der Waals surface area contributed by atoms with Gasteiger partial charge in [0, 0.05) is 28.5 Å². The van der Waals surface area contributed by atoms with E-state index < -0.39 is 5.97 Å². The van der Waals surface area contributed by atoms with Gasteiger partial charge in [-0.1, -0.05) is 18.2 Å². The van der Waals surface area contributed by atoms with Crippen LogP contribution in [-0.2, 0) is 4.74 Å². The summed E-state index contributed by atoms with van der Waals surface area (Å²) in [5.74, 6) is -0.710. The molecule has 0 saturated heterocycles. The average Bonchev–Trinajstić information content (AvgIpc) is 3.20. The lowest BCUT2D eigenvalue weighted by molar-refractivity contribution is 0.0474. The molecule has 0 aliphatic heterocycles. The van der Waals surface area contributed by atoms with Crippen molar-refractivity contribution in [3.05, 3.63) is 70.0 Å². The number of ketones is 1. The molecule has 0 amide bonds. The van der Waals surface area contributed by atoms with E-state index in [4.69, 9.17) is 4.74 Å². The summed E-state index contributed by atoms with van der Waals surface area (Å²) in [5.41, 5.74) is 3.56. The zero-order chi connectivity index (χ0) is 18.0. The Morgan fingerprint density at radius 1 is 1.16 bits per heavy atom. The molecule has 0 unspecified atom stereocenters. The smallest absolute Gasteiger partial charge is 0.338 e. The monoisotopic (exact) mass is 354 g/mol. The maximum Gasteiger partial charge on any atom is 0.338 e. The number of carbonyl (C=O) groups excluding carboxylic acids is 2. The number of hydrogen-bond donors (Lipinski definition) is 0. The highest BCUT2D eigenvalue weighted by Crippen LogP contribution is 2.22. The van der Waals surface area contributed by atoms with Crippen molar-refractivity contribution in [2.75, 3.05) is 6.61 Å². The van der Waals surface area contributed by atoms with Gasteiger partial charge in [-0.25, -0.2) is 9.78 Å². The first-order chi connectivity index (χ1) is 12.0.